The first-order chi connectivity index (χ1) is 19.8. The number of carbonyl (C=O) groups excluding carboxylic acids is 1. The van der Waals surface area contributed by atoms with Crippen LogP contribution in [0.4, 0.5) is 0 Å². The molecule has 2 heterocycles. The van der Waals surface area contributed by atoms with Crippen LogP contribution < -0.4 is 10.5 Å². The minimum atomic E-state index is -3.92. The van der Waals surface area contributed by atoms with Crippen LogP contribution in [0, 0.1) is 5.92 Å². The molecule has 42 heavy (non-hydrogen) atoms. The van der Waals surface area contributed by atoms with Crippen molar-refractivity contribution in [1.82, 2.24) is 9.03 Å². The summed E-state index contributed by atoms with van der Waals surface area (Å²) in [5, 5.41) is 0. The predicted octanol–water partition coefficient (Wildman–Crippen LogP) is 3.28. The van der Waals surface area contributed by atoms with Crippen LogP contribution in [-0.4, -0.2) is 68.8 Å². The second-order valence-corrected chi connectivity index (χ2v) is 13.9. The summed E-state index contributed by atoms with van der Waals surface area (Å²) in [4.78, 5) is 13.4. The maximum Gasteiger partial charge on any atom is 0.457 e. The largest absolute Gasteiger partial charge is 0.459 e. The SMILES string of the molecule is CC1(C)OB(CCC[C@H]2CN(S(=O)(=O)NCCOCc3ccccc3)C[C@@]2(N)C(=O)OCc2ccccc2)OC1(C)C. The minimum Gasteiger partial charge on any atom is -0.459 e. The molecule has 0 saturated carbocycles. The maximum absolute atomic E-state index is 13.4. The molecule has 0 aliphatic carbocycles. The molecule has 0 spiro atoms. The van der Waals surface area contributed by atoms with Crippen LogP contribution in [0.15, 0.2) is 60.7 Å². The fourth-order valence-corrected chi connectivity index (χ4v) is 6.51. The highest BCUT2D eigenvalue weighted by Gasteiger charge is 2.54. The number of esters is 1. The fraction of sp³-hybridized carbons (Fsp3) is 0.567. The predicted molar refractivity (Wildman–Crippen MR) is 161 cm³/mol. The van der Waals surface area contributed by atoms with Gasteiger partial charge in [-0.1, -0.05) is 67.1 Å². The molecule has 2 aliphatic rings. The molecule has 0 amide bonds. The lowest BCUT2D eigenvalue weighted by Gasteiger charge is -2.32. The van der Waals surface area contributed by atoms with Crippen molar-refractivity contribution in [3.8, 4) is 0 Å². The normalized spacial score (nSPS) is 23.7. The highest BCUT2D eigenvalue weighted by atomic mass is 32.2. The van der Waals surface area contributed by atoms with Crippen LogP contribution in [0.2, 0.25) is 6.32 Å². The average molecular weight is 602 g/mol. The average Bonchev–Trinajstić information content (AvgIpc) is 3.40. The first-order valence-electron chi connectivity index (χ1n) is 14.5. The van der Waals surface area contributed by atoms with Crippen LogP contribution >= 0.6 is 0 Å². The Hall–Kier alpha value is -2.32. The summed E-state index contributed by atoms with van der Waals surface area (Å²) in [5.41, 5.74) is 6.18. The van der Waals surface area contributed by atoms with Crippen molar-refractivity contribution in [2.24, 2.45) is 11.7 Å². The summed E-state index contributed by atoms with van der Waals surface area (Å²) >= 11 is 0. The number of nitrogens with one attached hydrogen (secondary N) is 1. The monoisotopic (exact) mass is 601 g/mol. The number of carbonyl (C=O) groups is 1. The summed E-state index contributed by atoms with van der Waals surface area (Å²) in [6.45, 7) is 8.66. The van der Waals surface area contributed by atoms with E-state index in [1.165, 1.54) is 4.31 Å². The van der Waals surface area contributed by atoms with Crippen LogP contribution in [0.5, 0.6) is 0 Å². The summed E-state index contributed by atoms with van der Waals surface area (Å²) in [6, 6.07) is 19.0. The number of nitrogens with two attached hydrogens (primary N) is 1. The van der Waals surface area contributed by atoms with Gasteiger partial charge in [0, 0.05) is 25.6 Å². The molecule has 230 valence electrons. The van der Waals surface area contributed by atoms with Gasteiger partial charge < -0.3 is 24.5 Å². The van der Waals surface area contributed by atoms with E-state index in [1.54, 1.807) is 0 Å². The lowest BCUT2D eigenvalue weighted by molar-refractivity contribution is -0.152. The minimum absolute atomic E-state index is 0.0585. The Balaban J connectivity index is 1.36. The molecule has 2 saturated heterocycles. The summed E-state index contributed by atoms with van der Waals surface area (Å²) in [5.74, 6) is -1.06. The van der Waals surface area contributed by atoms with Crippen LogP contribution in [0.3, 0.4) is 0 Å². The zero-order valence-corrected chi connectivity index (χ0v) is 25.9. The molecule has 4 rings (SSSR count). The number of rotatable bonds is 14. The van der Waals surface area contributed by atoms with E-state index in [0.717, 1.165) is 11.1 Å². The van der Waals surface area contributed by atoms with Gasteiger partial charge in [-0.3, -0.25) is 0 Å². The second kappa shape index (κ2) is 13.5. The quantitative estimate of drug-likeness (QED) is 0.192. The molecule has 0 unspecified atom stereocenters. The molecule has 3 N–H and O–H groups in total. The van der Waals surface area contributed by atoms with E-state index in [9.17, 15) is 13.2 Å². The number of ether oxygens (including phenoxy) is 2. The number of nitrogens with zero attached hydrogens (tertiary/aromatic N) is 1. The lowest BCUT2D eigenvalue weighted by atomic mass is 9.78. The molecule has 2 atom stereocenters. The first-order valence-corrected chi connectivity index (χ1v) is 16.0. The molecule has 0 radical (unpaired) electrons. The molecule has 2 fully saturated rings. The highest BCUT2D eigenvalue weighted by molar-refractivity contribution is 7.87. The van der Waals surface area contributed by atoms with E-state index < -0.39 is 38.8 Å². The number of hydrogen-bond acceptors (Lipinski definition) is 8. The van der Waals surface area contributed by atoms with Crippen LogP contribution in [-0.2, 0) is 47.0 Å². The number of hydrogen-bond donors (Lipinski definition) is 2. The Bertz CT molecular complexity index is 1260. The molecule has 10 nitrogen and oxygen atoms in total. The molecule has 0 aromatic heterocycles. The van der Waals surface area contributed by atoms with Gasteiger partial charge in [-0.15, -0.1) is 0 Å². The summed E-state index contributed by atoms with van der Waals surface area (Å²) in [6.07, 6.45) is 1.75. The van der Waals surface area contributed by atoms with Gasteiger partial charge >= 0.3 is 13.1 Å². The molecule has 2 aromatic carbocycles. The van der Waals surface area contributed by atoms with Gasteiger partial charge in [0.05, 0.1) is 24.4 Å². The standard InChI is InChI=1S/C30H44BN3O7S/c1-28(2)29(3,4)41-31(40-28)17-11-16-26-20-34(23-30(26,32)27(35)39-22-25-14-9-6-10-15-25)42(36,37)33-18-19-38-21-24-12-7-5-8-13-24/h5-10,12-15,26,33H,11,16-23,32H2,1-4H3/t26-,30-/m0/s1. The van der Waals surface area contributed by atoms with Crippen molar-refractivity contribution in [3.05, 3.63) is 71.8 Å². The van der Waals surface area contributed by atoms with E-state index >= 15 is 0 Å². The van der Waals surface area contributed by atoms with Gasteiger partial charge in [0.25, 0.3) is 10.2 Å². The molecular formula is C30H44BN3O7S. The molecular weight excluding hydrogens is 557 g/mol. The summed E-state index contributed by atoms with van der Waals surface area (Å²) < 4.78 is 53.8. The molecule has 2 aliphatic heterocycles. The van der Waals surface area contributed by atoms with Gasteiger partial charge in [-0.25, -0.2) is 4.79 Å². The van der Waals surface area contributed by atoms with E-state index in [0.29, 0.717) is 25.8 Å². The maximum atomic E-state index is 13.4. The molecule has 0 bridgehead atoms. The Morgan fingerprint density at radius 2 is 1.57 bits per heavy atom. The van der Waals surface area contributed by atoms with Crippen molar-refractivity contribution in [2.45, 2.75) is 76.8 Å². The van der Waals surface area contributed by atoms with E-state index in [2.05, 4.69) is 4.72 Å². The zero-order chi connectivity index (χ0) is 30.4. The van der Waals surface area contributed by atoms with Crippen molar-refractivity contribution in [1.29, 1.82) is 0 Å². The van der Waals surface area contributed by atoms with Gasteiger partial charge in [-0.2, -0.15) is 17.4 Å². The topological polar surface area (TPSA) is 129 Å². The Morgan fingerprint density at radius 1 is 1.00 bits per heavy atom. The van der Waals surface area contributed by atoms with Crippen molar-refractivity contribution >= 4 is 23.3 Å². The lowest BCUT2D eigenvalue weighted by Crippen LogP contribution is -2.56. The Kier molecular flexibility index (Phi) is 10.5. The van der Waals surface area contributed by atoms with Gasteiger partial charge in [0.15, 0.2) is 0 Å². The van der Waals surface area contributed by atoms with Crippen LogP contribution in [0.1, 0.15) is 51.7 Å². The molecule has 12 heteroatoms. The molecule has 2 aromatic rings. The fourth-order valence-electron chi connectivity index (χ4n) is 5.23. The third-order valence-electron chi connectivity index (χ3n) is 8.46. The van der Waals surface area contributed by atoms with E-state index in [1.807, 2.05) is 88.4 Å². The van der Waals surface area contributed by atoms with E-state index in [4.69, 9.17) is 24.5 Å². The second-order valence-electron chi connectivity index (χ2n) is 12.1. The third kappa shape index (κ3) is 7.99. The van der Waals surface area contributed by atoms with E-state index in [-0.39, 0.29) is 40.0 Å². The smallest absolute Gasteiger partial charge is 0.457 e. The van der Waals surface area contributed by atoms with Gasteiger partial charge in [0.1, 0.15) is 12.1 Å². The van der Waals surface area contributed by atoms with Crippen molar-refractivity contribution in [3.63, 3.8) is 0 Å². The summed E-state index contributed by atoms with van der Waals surface area (Å²) in [7, 11) is -4.30. The third-order valence-corrected chi connectivity index (χ3v) is 9.99. The Morgan fingerprint density at radius 3 is 2.17 bits per heavy atom. The number of benzene rings is 2. The zero-order valence-electron chi connectivity index (χ0n) is 25.1. The van der Waals surface area contributed by atoms with Crippen molar-refractivity contribution in [2.75, 3.05) is 26.2 Å². The highest BCUT2D eigenvalue weighted by Crippen LogP contribution is 2.39. The van der Waals surface area contributed by atoms with Crippen LogP contribution in [0.25, 0.3) is 0 Å². The first kappa shape index (κ1) is 32.6. The van der Waals surface area contributed by atoms with Gasteiger partial charge in [0.2, 0.25) is 0 Å². The van der Waals surface area contributed by atoms with Gasteiger partial charge in [-0.05, 0) is 51.6 Å². The Labute approximate surface area is 250 Å². The van der Waals surface area contributed by atoms with Crippen molar-refractivity contribution < 1.29 is 32.0 Å².